The Bertz CT molecular complexity index is 1210. The quantitative estimate of drug-likeness (QED) is 0.575. The first-order valence-corrected chi connectivity index (χ1v) is 10.8. The molecule has 1 heterocycles. The molecule has 156 valence electrons. The van der Waals surface area contributed by atoms with E-state index < -0.39 is 21.6 Å². The average Bonchev–Trinajstić information content (AvgIpc) is 2.94. The number of benzene rings is 2. The number of halogens is 1. The Balaban J connectivity index is 2.17. The first-order chi connectivity index (χ1) is 14.2. The van der Waals surface area contributed by atoms with Crippen molar-refractivity contribution in [1.82, 2.24) is 4.57 Å². The first-order valence-electron chi connectivity index (χ1n) is 9.36. The molecule has 1 N–H and O–H groups in total. The number of amides is 1. The second kappa shape index (κ2) is 8.28. The van der Waals surface area contributed by atoms with Crippen molar-refractivity contribution in [2.75, 3.05) is 5.32 Å². The standard InChI is InChI=1S/C23H23FN2O3S/c1-5-14-26-17(4)16(3)21(30(28,29)20-12-6-15(2)7-13-20)22(26)25-23(27)18-8-10-19(24)11-9-18/h5-13H,1,14H2,2-4H3,(H,25,27). The van der Waals surface area contributed by atoms with Gasteiger partial charge < -0.3 is 9.88 Å². The molecule has 7 heteroatoms. The van der Waals surface area contributed by atoms with Crippen molar-refractivity contribution in [2.45, 2.75) is 37.1 Å². The molecule has 0 aliphatic carbocycles. The normalized spacial score (nSPS) is 11.3. The number of sulfone groups is 1. The Kier molecular flexibility index (Phi) is 5.94. The van der Waals surface area contributed by atoms with E-state index in [0.29, 0.717) is 17.8 Å². The number of allylic oxidation sites excluding steroid dienone is 1. The largest absolute Gasteiger partial charge is 0.327 e. The minimum atomic E-state index is -3.90. The summed E-state index contributed by atoms with van der Waals surface area (Å²) < 4.78 is 41.9. The number of aromatic nitrogens is 1. The van der Waals surface area contributed by atoms with E-state index >= 15 is 0 Å². The summed E-state index contributed by atoms with van der Waals surface area (Å²) in [4.78, 5) is 13.0. The molecule has 0 radical (unpaired) electrons. The number of rotatable bonds is 6. The van der Waals surface area contributed by atoms with Crippen LogP contribution in [0.5, 0.6) is 0 Å². The zero-order chi connectivity index (χ0) is 22.1. The predicted molar refractivity (Wildman–Crippen MR) is 115 cm³/mol. The van der Waals surface area contributed by atoms with Crippen LogP contribution in [0.15, 0.2) is 71.0 Å². The minimum absolute atomic E-state index is 0.0427. The van der Waals surface area contributed by atoms with Crippen LogP contribution < -0.4 is 5.32 Å². The summed E-state index contributed by atoms with van der Waals surface area (Å²) in [5.41, 5.74) is 2.41. The Morgan fingerprint density at radius 2 is 1.67 bits per heavy atom. The number of aryl methyl sites for hydroxylation is 1. The molecule has 0 spiro atoms. The second-order valence-corrected chi connectivity index (χ2v) is 8.95. The van der Waals surface area contributed by atoms with Gasteiger partial charge in [-0.15, -0.1) is 6.58 Å². The summed E-state index contributed by atoms with van der Waals surface area (Å²) in [5, 5.41) is 2.72. The molecular formula is C23H23FN2O3S. The van der Waals surface area contributed by atoms with E-state index in [1.807, 2.05) is 6.92 Å². The van der Waals surface area contributed by atoms with Crippen molar-refractivity contribution in [3.63, 3.8) is 0 Å². The third kappa shape index (κ3) is 3.93. The third-order valence-electron chi connectivity index (χ3n) is 5.02. The summed E-state index contributed by atoms with van der Waals surface area (Å²) >= 11 is 0. The van der Waals surface area contributed by atoms with Crippen LogP contribution in [0.1, 0.15) is 27.2 Å². The number of nitrogens with zero attached hydrogens (tertiary/aromatic N) is 1. The number of nitrogens with one attached hydrogen (secondary N) is 1. The monoisotopic (exact) mass is 426 g/mol. The third-order valence-corrected chi connectivity index (χ3v) is 6.95. The van der Waals surface area contributed by atoms with Gasteiger partial charge in [-0.2, -0.15) is 0 Å². The van der Waals surface area contributed by atoms with Crippen molar-refractivity contribution >= 4 is 21.6 Å². The molecule has 2 aromatic carbocycles. The van der Waals surface area contributed by atoms with Gasteiger partial charge in [-0.1, -0.05) is 23.8 Å². The van der Waals surface area contributed by atoms with Crippen LogP contribution in [0.25, 0.3) is 0 Å². The zero-order valence-electron chi connectivity index (χ0n) is 17.1. The lowest BCUT2D eigenvalue weighted by Crippen LogP contribution is -2.18. The molecule has 0 saturated carbocycles. The Morgan fingerprint density at radius 1 is 1.07 bits per heavy atom. The molecule has 3 aromatic rings. The summed E-state index contributed by atoms with van der Waals surface area (Å²) in [7, 11) is -3.90. The number of anilines is 1. The number of hydrogen-bond donors (Lipinski definition) is 1. The molecule has 5 nitrogen and oxygen atoms in total. The molecule has 0 bridgehead atoms. The van der Waals surface area contributed by atoms with E-state index in [0.717, 1.165) is 5.56 Å². The zero-order valence-corrected chi connectivity index (χ0v) is 17.9. The van der Waals surface area contributed by atoms with Gasteiger partial charge in [0.05, 0.1) is 4.90 Å². The lowest BCUT2D eigenvalue weighted by atomic mass is 10.2. The molecular weight excluding hydrogens is 403 g/mol. The van der Waals surface area contributed by atoms with Gasteiger partial charge in [-0.25, -0.2) is 12.8 Å². The van der Waals surface area contributed by atoms with Crippen LogP contribution in [0, 0.1) is 26.6 Å². The van der Waals surface area contributed by atoms with E-state index in [4.69, 9.17) is 0 Å². The highest BCUT2D eigenvalue weighted by molar-refractivity contribution is 7.91. The SMILES string of the molecule is C=CCn1c(C)c(C)c(S(=O)(=O)c2ccc(C)cc2)c1NC(=O)c1ccc(F)cc1. The summed E-state index contributed by atoms with van der Waals surface area (Å²) in [6.45, 7) is 9.42. The maximum absolute atomic E-state index is 13.5. The van der Waals surface area contributed by atoms with Crippen LogP contribution in [-0.4, -0.2) is 18.9 Å². The summed E-state index contributed by atoms with van der Waals surface area (Å²) in [6, 6.07) is 11.6. The summed E-state index contributed by atoms with van der Waals surface area (Å²) in [6.07, 6.45) is 1.63. The van der Waals surface area contributed by atoms with Crippen molar-refractivity contribution in [3.8, 4) is 0 Å². The number of carbonyl (C=O) groups excluding carboxylic acids is 1. The fourth-order valence-corrected chi connectivity index (χ4v) is 4.96. The predicted octanol–water partition coefficient (Wildman–Crippen LogP) is 4.82. The Labute approximate surface area is 175 Å². The van der Waals surface area contributed by atoms with Crippen LogP contribution in [0.2, 0.25) is 0 Å². The van der Waals surface area contributed by atoms with Crippen LogP contribution in [-0.2, 0) is 16.4 Å². The van der Waals surface area contributed by atoms with Gasteiger partial charge in [0, 0.05) is 17.8 Å². The van der Waals surface area contributed by atoms with Crippen molar-refractivity contribution < 1.29 is 17.6 Å². The molecule has 0 atom stereocenters. The topological polar surface area (TPSA) is 68.2 Å². The van der Waals surface area contributed by atoms with E-state index in [9.17, 15) is 17.6 Å². The van der Waals surface area contributed by atoms with Crippen LogP contribution >= 0.6 is 0 Å². The maximum atomic E-state index is 13.5. The highest BCUT2D eigenvalue weighted by Crippen LogP contribution is 2.35. The number of carbonyl (C=O) groups is 1. The minimum Gasteiger partial charge on any atom is -0.327 e. The molecule has 0 aliphatic rings. The van der Waals surface area contributed by atoms with Gasteiger partial charge in [0.2, 0.25) is 9.84 Å². The number of hydrogen-bond acceptors (Lipinski definition) is 3. The van der Waals surface area contributed by atoms with Crippen LogP contribution in [0.3, 0.4) is 0 Å². The van der Waals surface area contributed by atoms with E-state index in [-0.39, 0.29) is 21.2 Å². The van der Waals surface area contributed by atoms with E-state index in [1.54, 1.807) is 48.8 Å². The van der Waals surface area contributed by atoms with Gasteiger partial charge in [-0.3, -0.25) is 4.79 Å². The summed E-state index contributed by atoms with van der Waals surface area (Å²) in [5.74, 6) is -0.825. The molecule has 0 saturated heterocycles. The van der Waals surface area contributed by atoms with Gasteiger partial charge in [0.15, 0.2) is 0 Å². The first kappa shape index (κ1) is 21.5. The van der Waals surface area contributed by atoms with Crippen LogP contribution in [0.4, 0.5) is 10.2 Å². The van der Waals surface area contributed by atoms with Crippen molar-refractivity contribution in [1.29, 1.82) is 0 Å². The highest BCUT2D eigenvalue weighted by atomic mass is 32.2. The molecule has 1 amide bonds. The van der Waals surface area contributed by atoms with Crippen molar-refractivity contribution in [2.24, 2.45) is 0 Å². The molecule has 0 unspecified atom stereocenters. The Hall–Kier alpha value is -3.19. The molecule has 3 rings (SSSR count). The maximum Gasteiger partial charge on any atom is 0.256 e. The van der Waals surface area contributed by atoms with E-state index in [2.05, 4.69) is 11.9 Å². The Morgan fingerprint density at radius 3 is 2.23 bits per heavy atom. The average molecular weight is 427 g/mol. The fourth-order valence-electron chi connectivity index (χ4n) is 3.26. The van der Waals surface area contributed by atoms with E-state index in [1.165, 1.54) is 24.3 Å². The smallest absolute Gasteiger partial charge is 0.256 e. The van der Waals surface area contributed by atoms with Gasteiger partial charge in [-0.05, 0) is 62.7 Å². The molecule has 1 aromatic heterocycles. The fraction of sp³-hybridized carbons (Fsp3) is 0.174. The molecule has 0 fully saturated rings. The highest BCUT2D eigenvalue weighted by Gasteiger charge is 2.30. The second-order valence-electron chi connectivity index (χ2n) is 7.06. The molecule has 30 heavy (non-hydrogen) atoms. The van der Waals surface area contributed by atoms with Crippen molar-refractivity contribution in [3.05, 3.63) is 89.4 Å². The lowest BCUT2D eigenvalue weighted by Gasteiger charge is -2.13. The van der Waals surface area contributed by atoms with Gasteiger partial charge in [0.25, 0.3) is 5.91 Å². The van der Waals surface area contributed by atoms with Gasteiger partial charge >= 0.3 is 0 Å². The van der Waals surface area contributed by atoms with Gasteiger partial charge in [0.1, 0.15) is 16.5 Å². The molecule has 0 aliphatic heterocycles. The lowest BCUT2D eigenvalue weighted by molar-refractivity contribution is 0.102.